The first-order valence-corrected chi connectivity index (χ1v) is 11.7. The first kappa shape index (κ1) is 18.7. The lowest BCUT2D eigenvalue weighted by Crippen LogP contribution is -2.43. The third-order valence-electron chi connectivity index (χ3n) is 7.30. The third kappa shape index (κ3) is 2.42. The minimum atomic E-state index is 0.352. The highest BCUT2D eigenvalue weighted by atomic mass is 16.3. The Morgan fingerprint density at radius 2 is 1.58 bits per heavy atom. The summed E-state index contributed by atoms with van der Waals surface area (Å²) in [6.07, 6.45) is 0.987. The lowest BCUT2D eigenvalue weighted by Gasteiger charge is -2.21. The highest BCUT2D eigenvalue weighted by Gasteiger charge is 2.39. The summed E-state index contributed by atoms with van der Waals surface area (Å²) in [4.78, 5) is 0. The molecule has 0 bridgehead atoms. The van der Waals surface area contributed by atoms with E-state index >= 15 is 0 Å². The number of nitrogens with zero attached hydrogens (tertiary/aromatic N) is 2. The minimum Gasteiger partial charge on any atom is -0.455 e. The van der Waals surface area contributed by atoms with Gasteiger partial charge < -0.3 is 4.42 Å². The number of aromatic nitrogens is 2. The Hall–Kier alpha value is -3.85. The van der Waals surface area contributed by atoms with Crippen LogP contribution in [-0.2, 0) is 6.42 Å². The maximum absolute atomic E-state index is 6.56. The Kier molecular flexibility index (Phi) is 3.73. The third-order valence-corrected chi connectivity index (χ3v) is 7.30. The molecule has 33 heavy (non-hydrogen) atoms. The number of para-hydroxylation sites is 4. The Morgan fingerprint density at radius 1 is 0.818 bits per heavy atom. The molecule has 2 aromatic heterocycles. The molecule has 6 aromatic rings. The molecule has 0 saturated carbocycles. The molecule has 0 N–H and O–H groups in total. The Morgan fingerprint density at radius 3 is 2.42 bits per heavy atom. The number of hydrogen-bond acceptors (Lipinski definition) is 1. The van der Waals surface area contributed by atoms with Crippen LogP contribution >= 0.6 is 0 Å². The lowest BCUT2D eigenvalue weighted by molar-refractivity contribution is -0.686. The first-order valence-electron chi connectivity index (χ1n) is 11.7. The standard InChI is InChI=1S/C30H25N2O/c1-18-9-8-10-19(2)28(18)32-25-13-6-5-12-24(25)31-20(3)17-21-15-16-23-22-11-4-7-14-26(22)33-29(23)27(21)30(31)32/h4-16,20H,17H2,1-3H3/q+1. The van der Waals surface area contributed by atoms with E-state index in [1.807, 2.05) is 6.07 Å². The van der Waals surface area contributed by atoms with E-state index < -0.39 is 0 Å². The van der Waals surface area contributed by atoms with E-state index in [-0.39, 0.29) is 0 Å². The van der Waals surface area contributed by atoms with Crippen LogP contribution in [0, 0.1) is 13.8 Å². The molecule has 0 radical (unpaired) electrons. The van der Waals surface area contributed by atoms with Crippen molar-refractivity contribution < 1.29 is 8.98 Å². The number of furan rings is 1. The molecular weight excluding hydrogens is 404 g/mol. The highest BCUT2D eigenvalue weighted by Crippen LogP contribution is 2.43. The van der Waals surface area contributed by atoms with Crippen LogP contribution in [-0.4, -0.2) is 4.57 Å². The molecule has 1 atom stereocenters. The maximum Gasteiger partial charge on any atom is 0.299 e. The zero-order valence-corrected chi connectivity index (χ0v) is 19.1. The van der Waals surface area contributed by atoms with Gasteiger partial charge in [-0.15, -0.1) is 0 Å². The van der Waals surface area contributed by atoms with Crippen molar-refractivity contribution in [3.63, 3.8) is 0 Å². The Labute approximate surface area is 192 Å². The fraction of sp³-hybridized carbons (Fsp3) is 0.167. The molecule has 7 rings (SSSR count). The summed E-state index contributed by atoms with van der Waals surface area (Å²) in [7, 11) is 0. The predicted octanol–water partition coefficient (Wildman–Crippen LogP) is 7.22. The summed E-state index contributed by atoms with van der Waals surface area (Å²) in [5.74, 6) is 1.21. The molecule has 3 heterocycles. The smallest absolute Gasteiger partial charge is 0.299 e. The molecule has 160 valence electrons. The van der Waals surface area contributed by atoms with Gasteiger partial charge in [-0.05, 0) is 55.7 Å². The van der Waals surface area contributed by atoms with Gasteiger partial charge in [0.15, 0.2) is 16.6 Å². The molecule has 0 amide bonds. The first-order chi connectivity index (χ1) is 16.1. The quantitative estimate of drug-likeness (QED) is 0.253. The van der Waals surface area contributed by atoms with Crippen LogP contribution in [0.1, 0.15) is 29.7 Å². The van der Waals surface area contributed by atoms with E-state index in [2.05, 4.69) is 103 Å². The zero-order valence-electron chi connectivity index (χ0n) is 19.1. The van der Waals surface area contributed by atoms with E-state index in [0.29, 0.717) is 6.04 Å². The SMILES string of the molecule is Cc1cccc(C)c1-n1c2[n+](c3ccccc31)C(C)Cc1ccc3c(oc4ccccc43)c1-2. The number of rotatable bonds is 1. The number of imidazole rings is 1. The van der Waals surface area contributed by atoms with Gasteiger partial charge in [-0.3, -0.25) is 0 Å². The van der Waals surface area contributed by atoms with Crippen LogP contribution in [0.15, 0.2) is 83.3 Å². The molecule has 0 spiro atoms. The molecular formula is C30H25N2O+. The van der Waals surface area contributed by atoms with E-state index in [4.69, 9.17) is 4.42 Å². The van der Waals surface area contributed by atoms with Gasteiger partial charge in [0.25, 0.3) is 5.82 Å². The number of fused-ring (bicyclic) bond motifs is 9. The fourth-order valence-corrected chi connectivity index (χ4v) is 5.91. The summed E-state index contributed by atoms with van der Waals surface area (Å²) in [5.41, 5.74) is 10.8. The van der Waals surface area contributed by atoms with Crippen molar-refractivity contribution in [1.29, 1.82) is 0 Å². The summed E-state index contributed by atoms with van der Waals surface area (Å²) in [6, 6.07) is 28.6. The molecule has 0 saturated heterocycles. The average Bonchev–Trinajstić information content (AvgIpc) is 3.36. The van der Waals surface area contributed by atoms with Crippen molar-refractivity contribution in [2.45, 2.75) is 33.2 Å². The van der Waals surface area contributed by atoms with Crippen LogP contribution in [0.3, 0.4) is 0 Å². The summed E-state index contributed by atoms with van der Waals surface area (Å²) in [6.45, 7) is 6.75. The van der Waals surface area contributed by atoms with E-state index in [1.165, 1.54) is 55.6 Å². The summed E-state index contributed by atoms with van der Waals surface area (Å²) >= 11 is 0. The maximum atomic E-state index is 6.56. The van der Waals surface area contributed by atoms with Crippen LogP contribution in [0.25, 0.3) is 50.0 Å². The van der Waals surface area contributed by atoms with Crippen molar-refractivity contribution in [3.05, 3.63) is 95.6 Å². The molecule has 4 aromatic carbocycles. The van der Waals surface area contributed by atoms with E-state index in [9.17, 15) is 0 Å². The van der Waals surface area contributed by atoms with Gasteiger partial charge in [-0.25, -0.2) is 4.57 Å². The van der Waals surface area contributed by atoms with Crippen molar-refractivity contribution in [2.24, 2.45) is 0 Å². The van der Waals surface area contributed by atoms with Crippen LogP contribution in [0.4, 0.5) is 0 Å². The summed E-state index contributed by atoms with van der Waals surface area (Å²) < 4.78 is 11.6. The normalized spacial score (nSPS) is 15.3. The second-order valence-corrected chi connectivity index (χ2v) is 9.39. The van der Waals surface area contributed by atoms with Crippen molar-refractivity contribution in [3.8, 4) is 17.1 Å². The van der Waals surface area contributed by atoms with Crippen LogP contribution in [0.5, 0.6) is 0 Å². The van der Waals surface area contributed by atoms with Crippen molar-refractivity contribution in [1.82, 2.24) is 4.57 Å². The second kappa shape index (κ2) is 6.58. The second-order valence-electron chi connectivity index (χ2n) is 9.39. The predicted molar refractivity (Wildman–Crippen MR) is 134 cm³/mol. The average molecular weight is 430 g/mol. The van der Waals surface area contributed by atoms with Crippen LogP contribution in [0.2, 0.25) is 0 Å². The van der Waals surface area contributed by atoms with Gasteiger partial charge in [0.05, 0.1) is 0 Å². The van der Waals surface area contributed by atoms with E-state index in [1.54, 1.807) is 0 Å². The monoisotopic (exact) mass is 429 g/mol. The van der Waals surface area contributed by atoms with Gasteiger partial charge in [-0.2, -0.15) is 4.57 Å². The molecule has 0 fully saturated rings. The molecule has 1 aliphatic rings. The fourth-order valence-electron chi connectivity index (χ4n) is 5.91. The molecule has 3 nitrogen and oxygen atoms in total. The van der Waals surface area contributed by atoms with Gasteiger partial charge in [0.2, 0.25) is 0 Å². The minimum absolute atomic E-state index is 0.352. The lowest BCUT2D eigenvalue weighted by atomic mass is 9.93. The van der Waals surface area contributed by atoms with E-state index in [0.717, 1.165) is 17.6 Å². The number of benzene rings is 4. The number of hydrogen-bond donors (Lipinski definition) is 0. The van der Waals surface area contributed by atoms with Gasteiger partial charge in [-0.1, -0.05) is 60.7 Å². The van der Waals surface area contributed by atoms with Gasteiger partial charge in [0.1, 0.15) is 22.9 Å². The van der Waals surface area contributed by atoms with Gasteiger partial charge in [0, 0.05) is 17.2 Å². The molecule has 0 aliphatic carbocycles. The number of aryl methyl sites for hydroxylation is 2. The Balaban J connectivity index is 1.72. The van der Waals surface area contributed by atoms with Crippen LogP contribution < -0.4 is 4.57 Å². The largest absolute Gasteiger partial charge is 0.455 e. The molecule has 3 heteroatoms. The Bertz CT molecular complexity index is 1710. The molecule has 1 aliphatic heterocycles. The topological polar surface area (TPSA) is 21.9 Å². The van der Waals surface area contributed by atoms with Gasteiger partial charge >= 0.3 is 0 Å². The molecule has 1 unspecified atom stereocenters. The van der Waals surface area contributed by atoms with Crippen molar-refractivity contribution >= 4 is 33.0 Å². The van der Waals surface area contributed by atoms with Crippen molar-refractivity contribution in [2.75, 3.05) is 0 Å². The summed E-state index contributed by atoms with van der Waals surface area (Å²) in [5, 5.41) is 2.36. The zero-order chi connectivity index (χ0) is 22.3. The highest BCUT2D eigenvalue weighted by molar-refractivity contribution is 6.10.